The van der Waals surface area contributed by atoms with Gasteiger partial charge in [-0.3, -0.25) is 0 Å². The Kier molecular flexibility index (Phi) is 3.07. The second kappa shape index (κ2) is 3.79. The van der Waals surface area contributed by atoms with Gasteiger partial charge in [-0.25, -0.2) is 0 Å². The summed E-state index contributed by atoms with van der Waals surface area (Å²) >= 11 is 1.32. The maximum absolute atomic E-state index is 12.2. The van der Waals surface area contributed by atoms with Crippen LogP contribution in [-0.2, 0) is 6.18 Å². The van der Waals surface area contributed by atoms with Gasteiger partial charge in [0.1, 0.15) is 0 Å². The lowest BCUT2D eigenvalue weighted by Crippen LogP contribution is -2.03. The molecule has 14 heavy (non-hydrogen) atoms. The lowest BCUT2D eigenvalue weighted by atomic mass is 10.2. The second-order valence-corrected chi connectivity index (χ2v) is 3.62. The van der Waals surface area contributed by atoms with Crippen molar-refractivity contribution >= 4 is 33.8 Å². The summed E-state index contributed by atoms with van der Waals surface area (Å²) in [6.45, 7) is 0. The van der Waals surface area contributed by atoms with E-state index < -0.39 is 11.7 Å². The Bertz CT molecular complexity index is 433. The fourth-order valence-corrected chi connectivity index (χ4v) is 1.96. The van der Waals surface area contributed by atoms with Gasteiger partial charge in [-0.05, 0) is 29.0 Å². The first-order chi connectivity index (χ1) is 6.07. The zero-order valence-corrected chi connectivity index (χ0v) is 8.47. The summed E-state index contributed by atoms with van der Waals surface area (Å²) in [7, 11) is 0. The summed E-state index contributed by atoms with van der Waals surface area (Å²) in [4.78, 5) is 0. The normalized spacial score (nSPS) is 11.4. The summed E-state index contributed by atoms with van der Waals surface area (Å²) in [6.07, 6.45) is -4.24. The van der Waals surface area contributed by atoms with Crippen LogP contribution in [0.4, 0.5) is 13.2 Å². The summed E-state index contributed by atoms with van der Waals surface area (Å²) in [5.74, 6) is 0. The van der Waals surface area contributed by atoms with Crippen molar-refractivity contribution in [3.05, 3.63) is 35.2 Å². The predicted molar refractivity (Wildman–Crippen MR) is 54.1 cm³/mol. The van der Waals surface area contributed by atoms with Crippen LogP contribution in [0.1, 0.15) is 5.56 Å². The quantitative estimate of drug-likeness (QED) is 0.640. The van der Waals surface area contributed by atoms with E-state index in [0.717, 1.165) is 11.5 Å². The third-order valence-corrected chi connectivity index (χ3v) is 2.66. The van der Waals surface area contributed by atoms with E-state index in [2.05, 4.69) is 0 Å². The molecule has 0 atom stereocenters. The zero-order valence-electron chi connectivity index (χ0n) is 6.84. The fraction of sp³-hybridized carbons (Fsp3) is 0.111. The Morgan fingerprint density at radius 2 is 1.79 bits per heavy atom. The molecule has 0 nitrogen and oxygen atoms in total. The fourth-order valence-electron chi connectivity index (χ4n) is 1.13. The summed E-state index contributed by atoms with van der Waals surface area (Å²) in [5, 5.41) is 2.64. The summed E-state index contributed by atoms with van der Waals surface area (Å²) in [5.41, 5.74) is -0.581. The lowest BCUT2D eigenvalue weighted by molar-refractivity contribution is -0.137. The predicted octanol–water partition coefficient (Wildman–Crippen LogP) is 4.34. The van der Waals surface area contributed by atoms with Gasteiger partial charge in [0.05, 0.1) is 5.56 Å². The Hall–Kier alpha value is -0.740. The highest BCUT2D eigenvalue weighted by Gasteiger charge is 2.30. The number of halogens is 4. The minimum absolute atomic E-state index is 0. The minimum Gasteiger partial charge on any atom is -0.166 e. The Labute approximate surface area is 88.8 Å². The van der Waals surface area contributed by atoms with Crippen molar-refractivity contribution in [1.82, 2.24) is 0 Å². The number of hydrogen-bond donors (Lipinski definition) is 0. The van der Waals surface area contributed by atoms with E-state index in [4.69, 9.17) is 0 Å². The van der Waals surface area contributed by atoms with Crippen LogP contribution in [0.5, 0.6) is 0 Å². The molecule has 1 heterocycles. The van der Waals surface area contributed by atoms with Gasteiger partial charge in [0, 0.05) is 4.70 Å². The van der Waals surface area contributed by atoms with E-state index in [1.165, 1.54) is 23.5 Å². The summed E-state index contributed by atoms with van der Waals surface area (Å²) < 4.78 is 37.4. The van der Waals surface area contributed by atoms with Crippen molar-refractivity contribution in [3.63, 3.8) is 0 Å². The molecule has 0 radical (unpaired) electrons. The number of fused-ring (bicyclic) bond motifs is 1. The van der Waals surface area contributed by atoms with Crippen LogP contribution in [0.3, 0.4) is 0 Å². The number of rotatable bonds is 0. The smallest absolute Gasteiger partial charge is 0.166 e. The first kappa shape index (κ1) is 11.3. The van der Waals surface area contributed by atoms with Gasteiger partial charge in [0.15, 0.2) is 0 Å². The van der Waals surface area contributed by atoms with Gasteiger partial charge in [0.25, 0.3) is 0 Å². The van der Waals surface area contributed by atoms with Crippen LogP contribution in [0.25, 0.3) is 10.1 Å². The molecule has 0 saturated carbocycles. The van der Waals surface area contributed by atoms with Crippen LogP contribution >= 0.6 is 23.7 Å². The molecule has 0 aliphatic rings. The molecular weight excluding hydrogens is 233 g/mol. The SMILES string of the molecule is Cl.FC(F)(F)c1ccc2ccsc2c1. The molecule has 2 aromatic rings. The molecule has 76 valence electrons. The standard InChI is InChI=1S/C9H5F3S.ClH/c10-9(11,12)7-2-1-6-3-4-13-8(6)5-7;/h1-5H;1H. The van der Waals surface area contributed by atoms with E-state index in [9.17, 15) is 13.2 Å². The molecule has 0 N–H and O–H groups in total. The third kappa shape index (κ3) is 2.01. The van der Waals surface area contributed by atoms with Gasteiger partial charge in [-0.1, -0.05) is 6.07 Å². The molecule has 0 saturated heterocycles. The number of hydrogen-bond acceptors (Lipinski definition) is 1. The highest BCUT2D eigenvalue weighted by Crippen LogP contribution is 2.32. The molecule has 0 amide bonds. The average molecular weight is 239 g/mol. The first-order valence-corrected chi connectivity index (χ1v) is 4.50. The molecule has 1 aromatic carbocycles. The highest BCUT2D eigenvalue weighted by molar-refractivity contribution is 7.17. The molecule has 0 aliphatic heterocycles. The van der Waals surface area contributed by atoms with Gasteiger partial charge < -0.3 is 0 Å². The van der Waals surface area contributed by atoms with Crippen molar-refractivity contribution in [1.29, 1.82) is 0 Å². The van der Waals surface area contributed by atoms with Crippen molar-refractivity contribution in [3.8, 4) is 0 Å². The van der Waals surface area contributed by atoms with E-state index in [-0.39, 0.29) is 12.4 Å². The third-order valence-electron chi connectivity index (χ3n) is 1.78. The Morgan fingerprint density at radius 1 is 1.07 bits per heavy atom. The van der Waals surface area contributed by atoms with Crippen LogP contribution < -0.4 is 0 Å². The number of thiophene rings is 1. The molecule has 0 bridgehead atoms. The Morgan fingerprint density at radius 3 is 2.43 bits per heavy atom. The molecule has 5 heteroatoms. The van der Waals surface area contributed by atoms with E-state index >= 15 is 0 Å². The topological polar surface area (TPSA) is 0 Å². The van der Waals surface area contributed by atoms with Crippen LogP contribution in [0.2, 0.25) is 0 Å². The van der Waals surface area contributed by atoms with Crippen LogP contribution in [-0.4, -0.2) is 0 Å². The van der Waals surface area contributed by atoms with Gasteiger partial charge in [-0.2, -0.15) is 13.2 Å². The molecule has 2 rings (SSSR count). The van der Waals surface area contributed by atoms with Crippen molar-refractivity contribution in [2.75, 3.05) is 0 Å². The van der Waals surface area contributed by atoms with Crippen molar-refractivity contribution in [2.24, 2.45) is 0 Å². The minimum atomic E-state index is -4.24. The second-order valence-electron chi connectivity index (χ2n) is 2.67. The monoisotopic (exact) mass is 238 g/mol. The number of alkyl halides is 3. The van der Waals surface area contributed by atoms with Crippen molar-refractivity contribution in [2.45, 2.75) is 6.18 Å². The van der Waals surface area contributed by atoms with Gasteiger partial charge >= 0.3 is 6.18 Å². The molecular formula is C9H6ClF3S. The van der Waals surface area contributed by atoms with Gasteiger partial charge in [-0.15, -0.1) is 23.7 Å². The van der Waals surface area contributed by atoms with E-state index in [1.807, 2.05) is 0 Å². The largest absolute Gasteiger partial charge is 0.416 e. The van der Waals surface area contributed by atoms with E-state index in [1.54, 1.807) is 11.4 Å². The molecule has 1 aromatic heterocycles. The average Bonchev–Trinajstić information content (AvgIpc) is 2.47. The van der Waals surface area contributed by atoms with E-state index in [0.29, 0.717) is 4.70 Å². The highest BCUT2D eigenvalue weighted by atomic mass is 35.5. The molecule has 0 aliphatic carbocycles. The maximum Gasteiger partial charge on any atom is 0.416 e. The molecule has 0 unspecified atom stereocenters. The van der Waals surface area contributed by atoms with Gasteiger partial charge in [0.2, 0.25) is 0 Å². The van der Waals surface area contributed by atoms with Crippen LogP contribution in [0.15, 0.2) is 29.6 Å². The molecule has 0 fully saturated rings. The maximum atomic E-state index is 12.2. The van der Waals surface area contributed by atoms with Crippen molar-refractivity contribution < 1.29 is 13.2 Å². The Balaban J connectivity index is 0.000000980. The zero-order chi connectivity index (χ0) is 9.47. The summed E-state index contributed by atoms with van der Waals surface area (Å²) in [6, 6.07) is 5.59. The lowest BCUT2D eigenvalue weighted by Gasteiger charge is -2.05. The number of benzene rings is 1. The molecule has 0 spiro atoms. The first-order valence-electron chi connectivity index (χ1n) is 3.62. The van der Waals surface area contributed by atoms with Crippen LogP contribution in [0, 0.1) is 0 Å².